The summed E-state index contributed by atoms with van der Waals surface area (Å²) in [5.74, 6) is 1.70. The van der Waals surface area contributed by atoms with Crippen LogP contribution in [-0.4, -0.2) is 30.4 Å². The molecule has 0 amide bonds. The summed E-state index contributed by atoms with van der Waals surface area (Å²) >= 11 is 0. The first-order chi connectivity index (χ1) is 11.1. The average molecular weight is 314 g/mol. The molecule has 1 aliphatic rings. The Hall–Kier alpha value is -2.67. The number of nitrogens with zero attached hydrogens (tertiary/aromatic N) is 3. The molecule has 3 heterocycles. The van der Waals surface area contributed by atoms with Gasteiger partial charge in [-0.05, 0) is 18.6 Å². The Labute approximate surface area is 134 Å². The standard InChI is InChI=1S/C16H18N4O3/c1-10-15-11(4-5-17-16(15)20(2)19-10)9-23-13-7-18-14(22-3)6-12(13)8-21/h4-8,10,19H,9H2,1-3H3. The van der Waals surface area contributed by atoms with Gasteiger partial charge in [0, 0.05) is 24.9 Å². The molecule has 0 spiro atoms. The smallest absolute Gasteiger partial charge is 0.213 e. The highest BCUT2D eigenvalue weighted by atomic mass is 16.5. The minimum absolute atomic E-state index is 0.154. The van der Waals surface area contributed by atoms with E-state index in [-0.39, 0.29) is 6.04 Å². The van der Waals surface area contributed by atoms with Gasteiger partial charge in [0.1, 0.15) is 18.2 Å². The van der Waals surface area contributed by atoms with Crippen molar-refractivity contribution in [2.75, 3.05) is 19.2 Å². The molecule has 0 fully saturated rings. The number of fused-ring (bicyclic) bond motifs is 1. The first-order valence-corrected chi connectivity index (χ1v) is 7.23. The van der Waals surface area contributed by atoms with E-state index in [9.17, 15) is 4.79 Å². The highest BCUT2D eigenvalue weighted by molar-refractivity contribution is 5.79. The number of nitrogens with one attached hydrogen (secondary N) is 1. The summed E-state index contributed by atoms with van der Waals surface area (Å²) < 4.78 is 10.8. The van der Waals surface area contributed by atoms with E-state index in [1.165, 1.54) is 13.3 Å². The average Bonchev–Trinajstić information content (AvgIpc) is 2.87. The van der Waals surface area contributed by atoms with Crippen LogP contribution in [0.5, 0.6) is 11.6 Å². The van der Waals surface area contributed by atoms with Gasteiger partial charge < -0.3 is 9.47 Å². The SMILES string of the molecule is COc1cc(C=O)c(OCc2ccnc3c2C(C)NN3C)cn1. The molecule has 0 saturated heterocycles. The summed E-state index contributed by atoms with van der Waals surface area (Å²) in [5.41, 5.74) is 5.82. The highest BCUT2D eigenvalue weighted by Crippen LogP contribution is 2.33. The van der Waals surface area contributed by atoms with Crippen molar-refractivity contribution < 1.29 is 14.3 Å². The van der Waals surface area contributed by atoms with Gasteiger partial charge in [0.2, 0.25) is 5.88 Å². The number of anilines is 1. The van der Waals surface area contributed by atoms with Crippen LogP contribution < -0.4 is 19.9 Å². The van der Waals surface area contributed by atoms with Crippen LogP contribution in [0.15, 0.2) is 24.5 Å². The number of carbonyl (C=O) groups excluding carboxylic acids is 1. The van der Waals surface area contributed by atoms with Crippen LogP contribution in [-0.2, 0) is 6.61 Å². The minimum Gasteiger partial charge on any atom is -0.487 e. The van der Waals surface area contributed by atoms with E-state index < -0.39 is 0 Å². The Bertz CT molecular complexity index is 735. The molecule has 120 valence electrons. The Balaban J connectivity index is 1.84. The van der Waals surface area contributed by atoms with Gasteiger partial charge in [-0.1, -0.05) is 0 Å². The molecule has 0 aromatic carbocycles. The summed E-state index contributed by atoms with van der Waals surface area (Å²) in [4.78, 5) is 19.7. The number of pyridine rings is 2. The fourth-order valence-corrected chi connectivity index (χ4v) is 2.70. The van der Waals surface area contributed by atoms with Crippen LogP contribution >= 0.6 is 0 Å². The van der Waals surface area contributed by atoms with E-state index in [2.05, 4.69) is 22.3 Å². The minimum atomic E-state index is 0.154. The van der Waals surface area contributed by atoms with Crippen molar-refractivity contribution in [1.82, 2.24) is 15.4 Å². The van der Waals surface area contributed by atoms with E-state index in [1.807, 2.05) is 18.1 Å². The van der Waals surface area contributed by atoms with Crippen LogP contribution in [0.2, 0.25) is 0 Å². The molecule has 0 radical (unpaired) electrons. The quantitative estimate of drug-likeness (QED) is 0.844. The predicted octanol–water partition coefficient (Wildman–Crippen LogP) is 1.89. The molecule has 0 saturated carbocycles. The molecule has 7 heteroatoms. The van der Waals surface area contributed by atoms with Crippen molar-refractivity contribution in [3.63, 3.8) is 0 Å². The second-order valence-corrected chi connectivity index (χ2v) is 5.29. The zero-order valence-corrected chi connectivity index (χ0v) is 13.2. The van der Waals surface area contributed by atoms with Gasteiger partial charge in [0.25, 0.3) is 0 Å². The van der Waals surface area contributed by atoms with Crippen molar-refractivity contribution in [2.45, 2.75) is 19.6 Å². The van der Waals surface area contributed by atoms with Crippen molar-refractivity contribution in [2.24, 2.45) is 0 Å². The lowest BCUT2D eigenvalue weighted by Crippen LogP contribution is -2.29. The normalized spacial score (nSPS) is 16.1. The van der Waals surface area contributed by atoms with Crippen molar-refractivity contribution in [3.05, 3.63) is 41.2 Å². The number of methoxy groups -OCH3 is 1. The van der Waals surface area contributed by atoms with Crippen molar-refractivity contribution >= 4 is 12.1 Å². The molecule has 1 atom stereocenters. The topological polar surface area (TPSA) is 76.6 Å². The number of aromatic nitrogens is 2. The summed E-state index contributed by atoms with van der Waals surface area (Å²) in [5, 5.41) is 1.90. The van der Waals surface area contributed by atoms with E-state index in [0.717, 1.165) is 23.2 Å². The van der Waals surface area contributed by atoms with Gasteiger partial charge in [0.15, 0.2) is 6.29 Å². The summed E-state index contributed by atoms with van der Waals surface area (Å²) in [6.07, 6.45) is 3.98. The molecule has 2 aromatic rings. The first kappa shape index (κ1) is 15.2. The third-order valence-electron chi connectivity index (χ3n) is 3.79. The van der Waals surface area contributed by atoms with Gasteiger partial charge in [-0.15, -0.1) is 0 Å². The summed E-state index contributed by atoms with van der Waals surface area (Å²) in [7, 11) is 3.43. The van der Waals surface area contributed by atoms with Gasteiger partial charge in [-0.3, -0.25) is 9.80 Å². The van der Waals surface area contributed by atoms with Crippen LogP contribution in [0.3, 0.4) is 0 Å². The fourth-order valence-electron chi connectivity index (χ4n) is 2.70. The maximum atomic E-state index is 11.2. The lowest BCUT2D eigenvalue weighted by molar-refractivity contribution is 0.111. The zero-order valence-electron chi connectivity index (χ0n) is 13.2. The van der Waals surface area contributed by atoms with Gasteiger partial charge in [-0.2, -0.15) is 0 Å². The largest absolute Gasteiger partial charge is 0.487 e. The van der Waals surface area contributed by atoms with E-state index in [4.69, 9.17) is 9.47 Å². The lowest BCUT2D eigenvalue weighted by atomic mass is 10.1. The second kappa shape index (κ2) is 6.21. The van der Waals surface area contributed by atoms with Crippen LogP contribution in [0.25, 0.3) is 0 Å². The number of hydrogen-bond donors (Lipinski definition) is 1. The van der Waals surface area contributed by atoms with Crippen molar-refractivity contribution in [3.8, 4) is 11.6 Å². The zero-order chi connectivity index (χ0) is 16.4. The third-order valence-corrected chi connectivity index (χ3v) is 3.79. The number of carbonyl (C=O) groups is 1. The maximum Gasteiger partial charge on any atom is 0.213 e. The summed E-state index contributed by atoms with van der Waals surface area (Å²) in [6, 6.07) is 3.63. The molecule has 1 unspecified atom stereocenters. The molecular weight excluding hydrogens is 296 g/mol. The molecule has 7 nitrogen and oxygen atoms in total. The number of aldehydes is 1. The molecule has 1 aliphatic heterocycles. The van der Waals surface area contributed by atoms with Crippen molar-refractivity contribution in [1.29, 1.82) is 0 Å². The monoisotopic (exact) mass is 314 g/mol. The first-order valence-electron chi connectivity index (χ1n) is 7.23. The van der Waals surface area contributed by atoms with Gasteiger partial charge in [0.05, 0.1) is 24.9 Å². The number of rotatable bonds is 5. The molecular formula is C16H18N4O3. The highest BCUT2D eigenvalue weighted by Gasteiger charge is 2.26. The Kier molecular flexibility index (Phi) is 4.12. The lowest BCUT2D eigenvalue weighted by Gasteiger charge is -2.13. The maximum absolute atomic E-state index is 11.2. The summed E-state index contributed by atoms with van der Waals surface area (Å²) in [6.45, 7) is 2.40. The molecule has 0 bridgehead atoms. The molecule has 0 aliphatic carbocycles. The van der Waals surface area contributed by atoms with Crippen LogP contribution in [0.1, 0.15) is 34.5 Å². The Morgan fingerprint density at radius 3 is 3.00 bits per heavy atom. The Morgan fingerprint density at radius 1 is 1.43 bits per heavy atom. The van der Waals surface area contributed by atoms with E-state index >= 15 is 0 Å². The molecule has 23 heavy (non-hydrogen) atoms. The number of hydrazine groups is 1. The molecule has 2 aromatic heterocycles. The van der Waals surface area contributed by atoms with Crippen LogP contribution in [0, 0.1) is 0 Å². The Morgan fingerprint density at radius 2 is 2.26 bits per heavy atom. The number of hydrogen-bond acceptors (Lipinski definition) is 7. The number of ether oxygens (including phenoxy) is 2. The van der Waals surface area contributed by atoms with E-state index in [1.54, 1.807) is 12.3 Å². The molecule has 3 rings (SSSR count). The van der Waals surface area contributed by atoms with Gasteiger partial charge >= 0.3 is 0 Å². The predicted molar refractivity (Wildman–Crippen MR) is 84.7 cm³/mol. The second-order valence-electron chi connectivity index (χ2n) is 5.29. The van der Waals surface area contributed by atoms with Crippen LogP contribution in [0.4, 0.5) is 5.82 Å². The van der Waals surface area contributed by atoms with Gasteiger partial charge in [-0.25, -0.2) is 15.4 Å². The fraction of sp³-hybridized carbons (Fsp3) is 0.312. The molecule has 1 N–H and O–H groups in total. The van der Waals surface area contributed by atoms with E-state index in [0.29, 0.717) is 23.8 Å². The third kappa shape index (κ3) is 2.83.